The van der Waals surface area contributed by atoms with E-state index >= 15 is 0 Å². The second kappa shape index (κ2) is 8.12. The largest absolute Gasteiger partial charge is 0.337 e. The highest BCUT2D eigenvalue weighted by atomic mass is 32.2. The van der Waals surface area contributed by atoms with E-state index in [4.69, 9.17) is 0 Å². The second-order valence-electron chi connectivity index (χ2n) is 6.55. The van der Waals surface area contributed by atoms with Crippen molar-refractivity contribution in [2.24, 2.45) is 0 Å². The molecule has 3 heterocycles. The predicted octanol–water partition coefficient (Wildman–Crippen LogP) is 3.45. The smallest absolute Gasteiger partial charge is 0.273 e. The highest BCUT2D eigenvalue weighted by Crippen LogP contribution is 2.26. The lowest BCUT2D eigenvalue weighted by Gasteiger charge is -2.31. The lowest BCUT2D eigenvalue weighted by atomic mass is 10.1. The zero-order chi connectivity index (χ0) is 19.6. The van der Waals surface area contributed by atoms with Crippen LogP contribution in [0.15, 0.2) is 57.4 Å². The lowest BCUT2D eigenvalue weighted by Crippen LogP contribution is -2.46. The van der Waals surface area contributed by atoms with Gasteiger partial charge in [0.2, 0.25) is 10.0 Å². The molecule has 6 nitrogen and oxygen atoms in total. The number of sulfonamides is 1. The summed E-state index contributed by atoms with van der Waals surface area (Å²) in [7, 11) is -3.53. The number of piperidine rings is 1. The number of carbonyl (C=O) groups is 1. The fraction of sp³-hybridized carbons (Fsp3) is 0.263. The van der Waals surface area contributed by atoms with E-state index in [2.05, 4.69) is 9.71 Å². The minimum Gasteiger partial charge on any atom is -0.337 e. The quantitative estimate of drug-likeness (QED) is 0.668. The first-order chi connectivity index (χ1) is 13.5. The number of nitrogens with zero attached hydrogens (tertiary/aromatic N) is 2. The third kappa shape index (κ3) is 4.17. The van der Waals surface area contributed by atoms with E-state index in [1.807, 2.05) is 16.8 Å². The predicted molar refractivity (Wildman–Crippen MR) is 111 cm³/mol. The number of hydrogen-bond donors (Lipinski definition) is 1. The van der Waals surface area contributed by atoms with Crippen LogP contribution in [0.4, 0.5) is 0 Å². The number of carbonyl (C=O) groups excluding carboxylic acids is 1. The van der Waals surface area contributed by atoms with Crippen LogP contribution in [0.3, 0.4) is 0 Å². The van der Waals surface area contributed by atoms with Crippen LogP contribution in [0.25, 0.3) is 10.6 Å². The molecule has 1 saturated heterocycles. The van der Waals surface area contributed by atoms with Gasteiger partial charge in [0.15, 0.2) is 0 Å². The van der Waals surface area contributed by atoms with Gasteiger partial charge in [0, 0.05) is 35.5 Å². The number of amides is 1. The molecule has 4 rings (SSSR count). The summed E-state index contributed by atoms with van der Waals surface area (Å²) in [5, 5.41) is 6.63. The van der Waals surface area contributed by atoms with E-state index in [1.54, 1.807) is 51.9 Å². The Bertz CT molecular complexity index is 1040. The average Bonchev–Trinajstić information content (AvgIpc) is 3.40. The molecule has 0 radical (unpaired) electrons. The molecule has 1 aliphatic heterocycles. The van der Waals surface area contributed by atoms with E-state index in [1.165, 1.54) is 11.3 Å². The molecule has 0 unspecified atom stereocenters. The Hall–Kier alpha value is -2.07. The van der Waals surface area contributed by atoms with Crippen LogP contribution >= 0.6 is 22.7 Å². The van der Waals surface area contributed by atoms with Crippen molar-refractivity contribution in [1.82, 2.24) is 14.6 Å². The number of thiophene rings is 1. The Balaban J connectivity index is 1.36. The van der Waals surface area contributed by atoms with Gasteiger partial charge in [0.25, 0.3) is 5.91 Å². The lowest BCUT2D eigenvalue weighted by molar-refractivity contribution is 0.0706. The first-order valence-electron chi connectivity index (χ1n) is 8.88. The highest BCUT2D eigenvalue weighted by molar-refractivity contribution is 7.89. The standard InChI is InChI=1S/C19H19N3O3S3/c23-19(17-13-27-18(20-17)14-8-11-26-12-14)22-9-6-15(7-10-22)21-28(24,25)16-4-2-1-3-5-16/h1-5,8,11-13,15,21H,6-7,9-10H2. The van der Waals surface area contributed by atoms with E-state index in [-0.39, 0.29) is 16.8 Å². The van der Waals surface area contributed by atoms with Gasteiger partial charge in [0.1, 0.15) is 10.7 Å². The Morgan fingerprint density at radius 2 is 1.86 bits per heavy atom. The maximum Gasteiger partial charge on any atom is 0.273 e. The molecule has 0 spiro atoms. The monoisotopic (exact) mass is 433 g/mol. The van der Waals surface area contributed by atoms with Gasteiger partial charge in [0.05, 0.1) is 4.90 Å². The Morgan fingerprint density at radius 3 is 2.54 bits per heavy atom. The molecule has 146 valence electrons. The van der Waals surface area contributed by atoms with Crippen molar-refractivity contribution in [3.63, 3.8) is 0 Å². The molecule has 1 fully saturated rings. The minimum atomic E-state index is -3.53. The fourth-order valence-electron chi connectivity index (χ4n) is 3.14. The molecular weight excluding hydrogens is 414 g/mol. The number of benzene rings is 1. The first kappa shape index (κ1) is 19.3. The summed E-state index contributed by atoms with van der Waals surface area (Å²) in [6.45, 7) is 1.01. The molecular formula is C19H19N3O3S3. The van der Waals surface area contributed by atoms with E-state index in [0.717, 1.165) is 10.6 Å². The molecule has 28 heavy (non-hydrogen) atoms. The van der Waals surface area contributed by atoms with Crippen LogP contribution in [-0.2, 0) is 10.0 Å². The van der Waals surface area contributed by atoms with Crippen molar-refractivity contribution in [2.75, 3.05) is 13.1 Å². The van der Waals surface area contributed by atoms with Gasteiger partial charge in [-0.25, -0.2) is 18.1 Å². The van der Waals surface area contributed by atoms with Gasteiger partial charge < -0.3 is 4.90 Å². The van der Waals surface area contributed by atoms with Gasteiger partial charge in [-0.3, -0.25) is 4.79 Å². The van der Waals surface area contributed by atoms with Crippen molar-refractivity contribution in [1.29, 1.82) is 0 Å². The van der Waals surface area contributed by atoms with Crippen LogP contribution < -0.4 is 4.72 Å². The van der Waals surface area contributed by atoms with Gasteiger partial charge in [-0.05, 0) is 36.4 Å². The number of likely N-dealkylation sites (tertiary alicyclic amines) is 1. The number of hydrogen-bond acceptors (Lipinski definition) is 6. The van der Waals surface area contributed by atoms with Crippen molar-refractivity contribution < 1.29 is 13.2 Å². The zero-order valence-electron chi connectivity index (χ0n) is 14.9. The van der Waals surface area contributed by atoms with E-state index in [0.29, 0.717) is 31.6 Å². The van der Waals surface area contributed by atoms with Crippen molar-refractivity contribution in [2.45, 2.75) is 23.8 Å². The van der Waals surface area contributed by atoms with Gasteiger partial charge in [-0.2, -0.15) is 11.3 Å². The second-order valence-corrected chi connectivity index (χ2v) is 9.90. The first-order valence-corrected chi connectivity index (χ1v) is 12.2. The van der Waals surface area contributed by atoms with Crippen molar-refractivity contribution >= 4 is 38.6 Å². The minimum absolute atomic E-state index is 0.0953. The number of thiazole rings is 1. The van der Waals surface area contributed by atoms with Crippen LogP contribution in [0.1, 0.15) is 23.3 Å². The van der Waals surface area contributed by atoms with Crippen molar-refractivity contribution in [3.05, 3.63) is 58.2 Å². The Morgan fingerprint density at radius 1 is 1.11 bits per heavy atom. The normalized spacial score (nSPS) is 15.6. The SMILES string of the molecule is O=C(c1csc(-c2ccsc2)n1)N1CCC(NS(=O)(=O)c2ccccc2)CC1. The summed E-state index contributed by atoms with van der Waals surface area (Å²) >= 11 is 3.06. The molecule has 2 aromatic heterocycles. The molecule has 0 aliphatic carbocycles. The summed E-state index contributed by atoms with van der Waals surface area (Å²) in [5.41, 5.74) is 1.48. The molecule has 0 atom stereocenters. The highest BCUT2D eigenvalue weighted by Gasteiger charge is 2.28. The summed E-state index contributed by atoms with van der Waals surface area (Å²) in [6, 6.07) is 10.2. The molecule has 3 aromatic rings. The number of aromatic nitrogens is 1. The summed E-state index contributed by atoms with van der Waals surface area (Å²) in [6.07, 6.45) is 1.17. The molecule has 1 aliphatic rings. The van der Waals surface area contributed by atoms with E-state index in [9.17, 15) is 13.2 Å². The third-order valence-electron chi connectivity index (χ3n) is 4.65. The Kier molecular flexibility index (Phi) is 5.58. The summed E-state index contributed by atoms with van der Waals surface area (Å²) in [4.78, 5) is 19.2. The van der Waals surface area contributed by atoms with Gasteiger partial charge in [-0.1, -0.05) is 18.2 Å². The number of nitrogens with one attached hydrogen (secondary N) is 1. The zero-order valence-corrected chi connectivity index (χ0v) is 17.4. The number of rotatable bonds is 5. The van der Waals surface area contributed by atoms with Crippen LogP contribution in [0.2, 0.25) is 0 Å². The maximum absolute atomic E-state index is 12.7. The molecule has 0 bridgehead atoms. The fourth-order valence-corrected chi connectivity index (χ4v) is 5.97. The molecule has 1 N–H and O–H groups in total. The topological polar surface area (TPSA) is 79.4 Å². The van der Waals surface area contributed by atoms with Crippen molar-refractivity contribution in [3.8, 4) is 10.6 Å². The summed E-state index contributed by atoms with van der Waals surface area (Å²) < 4.78 is 27.7. The third-order valence-corrected chi connectivity index (χ3v) is 7.76. The van der Waals surface area contributed by atoms with E-state index < -0.39 is 10.0 Å². The molecule has 1 aromatic carbocycles. The molecule has 0 saturated carbocycles. The molecule has 1 amide bonds. The van der Waals surface area contributed by atoms with Crippen LogP contribution in [-0.4, -0.2) is 43.3 Å². The van der Waals surface area contributed by atoms with Gasteiger partial charge in [-0.15, -0.1) is 11.3 Å². The molecule has 9 heteroatoms. The van der Waals surface area contributed by atoms with Gasteiger partial charge >= 0.3 is 0 Å². The van der Waals surface area contributed by atoms with Crippen LogP contribution in [0.5, 0.6) is 0 Å². The Labute approximate surface area is 171 Å². The average molecular weight is 434 g/mol. The summed E-state index contributed by atoms with van der Waals surface area (Å²) in [5.74, 6) is -0.0953. The maximum atomic E-state index is 12.7. The van der Waals surface area contributed by atoms with Crippen LogP contribution in [0, 0.1) is 0 Å².